The average molecular weight is 268 g/mol. The first-order valence-electron chi connectivity index (χ1n) is 5.22. The van der Waals surface area contributed by atoms with Crippen LogP contribution in [0.4, 0.5) is 0 Å². The van der Waals surface area contributed by atoms with Crippen LogP contribution in [-0.2, 0) is 14.3 Å². The molecule has 2 unspecified atom stereocenters. The monoisotopic (exact) mass is 268 g/mol. The number of carbonyl (C=O) groups is 1. The van der Waals surface area contributed by atoms with Gasteiger partial charge in [0.15, 0.2) is 12.4 Å². The topological polar surface area (TPSA) is 157 Å². The second-order valence-corrected chi connectivity index (χ2v) is 3.84. The van der Waals surface area contributed by atoms with Crippen LogP contribution in [0.1, 0.15) is 0 Å². The lowest BCUT2D eigenvalue weighted by Gasteiger charge is -2.40. The highest BCUT2D eigenvalue weighted by Gasteiger charge is 2.45. The second-order valence-electron chi connectivity index (χ2n) is 3.84. The van der Waals surface area contributed by atoms with Gasteiger partial charge in [0.2, 0.25) is 0 Å². The molecule has 0 aromatic heterocycles. The number of carboxylic acids is 1. The summed E-state index contributed by atoms with van der Waals surface area (Å²) in [5.74, 6) is -1.48. The maximum absolute atomic E-state index is 10.6. The average Bonchev–Trinajstić information content (AvgIpc) is 2.35. The van der Waals surface area contributed by atoms with Gasteiger partial charge in [-0.05, 0) is 0 Å². The van der Waals surface area contributed by atoms with Crippen molar-refractivity contribution in [2.75, 3.05) is 13.2 Å². The van der Waals surface area contributed by atoms with Crippen LogP contribution in [0.15, 0.2) is 0 Å². The number of aliphatic hydroxyl groups excluding tert-OH is 5. The molecule has 0 spiro atoms. The Hall–Kier alpha value is -0.810. The normalized spacial score (nSPS) is 38.4. The fraction of sp³-hybridized carbons (Fsp3) is 0.889. The summed E-state index contributed by atoms with van der Waals surface area (Å²) in [6.07, 6.45) is -9.32. The van der Waals surface area contributed by atoms with E-state index in [1.54, 1.807) is 0 Å². The van der Waals surface area contributed by atoms with E-state index in [0.717, 1.165) is 0 Å². The summed E-state index contributed by atoms with van der Waals surface area (Å²) >= 11 is 0. The quantitative estimate of drug-likeness (QED) is 0.294. The van der Waals surface area contributed by atoms with Crippen LogP contribution in [0.2, 0.25) is 0 Å². The number of ether oxygens (including phenoxy) is 2. The molecule has 18 heavy (non-hydrogen) atoms. The third kappa shape index (κ3) is 3.14. The van der Waals surface area contributed by atoms with Gasteiger partial charge in [0.05, 0.1) is 13.2 Å². The van der Waals surface area contributed by atoms with Gasteiger partial charge in [-0.2, -0.15) is 0 Å². The highest BCUT2D eigenvalue weighted by molar-refractivity contribution is 5.72. The van der Waals surface area contributed by atoms with Crippen molar-refractivity contribution in [3.05, 3.63) is 0 Å². The van der Waals surface area contributed by atoms with Crippen LogP contribution in [0.3, 0.4) is 0 Å². The van der Waals surface area contributed by atoms with Crippen LogP contribution >= 0.6 is 0 Å². The van der Waals surface area contributed by atoms with Gasteiger partial charge >= 0.3 is 5.97 Å². The summed E-state index contributed by atoms with van der Waals surface area (Å²) in [4.78, 5) is 10.6. The van der Waals surface area contributed by atoms with Gasteiger partial charge in [-0.3, -0.25) is 0 Å². The predicted molar refractivity (Wildman–Crippen MR) is 53.4 cm³/mol. The molecule has 1 saturated heterocycles. The first kappa shape index (κ1) is 15.2. The van der Waals surface area contributed by atoms with Crippen molar-refractivity contribution in [1.82, 2.24) is 0 Å². The first-order chi connectivity index (χ1) is 8.42. The maximum atomic E-state index is 10.6. The Morgan fingerprint density at radius 1 is 1.17 bits per heavy atom. The summed E-state index contributed by atoms with van der Waals surface area (Å²) in [5, 5.41) is 54.7. The molecule has 0 radical (unpaired) electrons. The SMILES string of the molecule is O=C(O)C(CO)OC1O[C@H](CO)[C@@H](O)[C@H](O)[C@H]1O. The van der Waals surface area contributed by atoms with E-state index in [2.05, 4.69) is 0 Å². The number of aliphatic carboxylic acids is 1. The minimum atomic E-state index is -1.70. The number of hydrogen-bond acceptors (Lipinski definition) is 8. The van der Waals surface area contributed by atoms with E-state index in [1.165, 1.54) is 0 Å². The molecule has 6 N–H and O–H groups in total. The number of rotatable bonds is 5. The lowest BCUT2D eigenvalue weighted by molar-refractivity contribution is -0.311. The fourth-order valence-corrected chi connectivity index (χ4v) is 1.52. The van der Waals surface area contributed by atoms with E-state index < -0.39 is 56.0 Å². The molecule has 0 saturated carbocycles. The molecule has 106 valence electrons. The molecule has 9 heteroatoms. The molecule has 1 rings (SSSR count). The zero-order valence-electron chi connectivity index (χ0n) is 9.29. The maximum Gasteiger partial charge on any atom is 0.335 e. The van der Waals surface area contributed by atoms with E-state index >= 15 is 0 Å². The van der Waals surface area contributed by atoms with Crippen LogP contribution in [0.25, 0.3) is 0 Å². The standard InChI is InChI=1S/C9H16O9/c10-1-3-5(12)6(13)7(14)9(17-3)18-4(2-11)8(15)16/h3-7,9-14H,1-2H2,(H,15,16)/t3-,4?,5-,6+,7-,9?/m1/s1. The number of aliphatic hydroxyl groups is 5. The summed E-state index contributed by atoms with van der Waals surface area (Å²) < 4.78 is 9.67. The van der Waals surface area contributed by atoms with Crippen LogP contribution in [0, 0.1) is 0 Å². The van der Waals surface area contributed by atoms with Crippen molar-refractivity contribution >= 4 is 5.97 Å². The molecule has 1 heterocycles. The van der Waals surface area contributed by atoms with Crippen molar-refractivity contribution < 1.29 is 44.9 Å². The molecule has 0 aromatic carbocycles. The van der Waals surface area contributed by atoms with Gasteiger partial charge in [0.25, 0.3) is 0 Å². The Kier molecular flexibility index (Phi) is 5.41. The Bertz CT molecular complexity index is 281. The zero-order chi connectivity index (χ0) is 13.9. The van der Waals surface area contributed by atoms with Crippen LogP contribution in [-0.4, -0.2) is 86.6 Å². The number of hydrogen-bond donors (Lipinski definition) is 6. The minimum Gasteiger partial charge on any atom is -0.479 e. The molecular formula is C9H16O9. The lowest BCUT2D eigenvalue weighted by Crippen LogP contribution is -2.60. The lowest BCUT2D eigenvalue weighted by atomic mass is 9.99. The van der Waals surface area contributed by atoms with Crippen molar-refractivity contribution in [2.45, 2.75) is 36.8 Å². The van der Waals surface area contributed by atoms with Crippen molar-refractivity contribution in [1.29, 1.82) is 0 Å². The Morgan fingerprint density at radius 3 is 2.22 bits per heavy atom. The minimum absolute atomic E-state index is 0.651. The molecule has 6 atom stereocenters. The highest BCUT2D eigenvalue weighted by Crippen LogP contribution is 2.22. The largest absolute Gasteiger partial charge is 0.479 e. The van der Waals surface area contributed by atoms with Crippen molar-refractivity contribution in [2.24, 2.45) is 0 Å². The van der Waals surface area contributed by atoms with Crippen LogP contribution in [0.5, 0.6) is 0 Å². The fourth-order valence-electron chi connectivity index (χ4n) is 1.52. The van der Waals surface area contributed by atoms with Crippen molar-refractivity contribution in [3.8, 4) is 0 Å². The van der Waals surface area contributed by atoms with Gasteiger partial charge in [-0.1, -0.05) is 0 Å². The molecule has 1 aliphatic heterocycles. The van der Waals surface area contributed by atoms with E-state index in [-0.39, 0.29) is 0 Å². The second kappa shape index (κ2) is 6.38. The van der Waals surface area contributed by atoms with E-state index in [0.29, 0.717) is 0 Å². The van der Waals surface area contributed by atoms with Gasteiger partial charge in [0.1, 0.15) is 24.4 Å². The summed E-state index contributed by atoms with van der Waals surface area (Å²) in [6, 6.07) is 0. The predicted octanol–water partition coefficient (Wildman–Crippen LogP) is -3.75. The third-order valence-corrected chi connectivity index (χ3v) is 2.59. The van der Waals surface area contributed by atoms with Gasteiger partial charge in [-0.25, -0.2) is 4.79 Å². The van der Waals surface area contributed by atoms with Crippen LogP contribution < -0.4 is 0 Å². The molecule has 9 nitrogen and oxygen atoms in total. The molecule has 0 aliphatic carbocycles. The van der Waals surface area contributed by atoms with E-state index in [4.69, 9.17) is 24.8 Å². The summed E-state index contributed by atoms with van der Waals surface area (Å²) in [6.45, 7) is -1.51. The molecule has 1 aliphatic rings. The van der Waals surface area contributed by atoms with E-state index in [1.807, 2.05) is 0 Å². The summed E-state index contributed by atoms with van der Waals surface area (Å²) in [7, 11) is 0. The van der Waals surface area contributed by atoms with E-state index in [9.17, 15) is 20.1 Å². The molecule has 0 bridgehead atoms. The Labute approximate surface area is 102 Å². The molecular weight excluding hydrogens is 252 g/mol. The third-order valence-electron chi connectivity index (χ3n) is 2.59. The van der Waals surface area contributed by atoms with Gasteiger partial charge < -0.3 is 40.1 Å². The molecule has 1 fully saturated rings. The van der Waals surface area contributed by atoms with Gasteiger partial charge in [-0.15, -0.1) is 0 Å². The zero-order valence-corrected chi connectivity index (χ0v) is 9.29. The molecule has 0 amide bonds. The molecule has 0 aromatic rings. The highest BCUT2D eigenvalue weighted by atomic mass is 16.7. The van der Waals surface area contributed by atoms with Gasteiger partial charge in [0, 0.05) is 0 Å². The smallest absolute Gasteiger partial charge is 0.335 e. The number of carboxylic acid groups (broad SMARTS) is 1. The first-order valence-corrected chi connectivity index (χ1v) is 5.22. The Balaban J connectivity index is 2.72. The summed E-state index contributed by atoms with van der Waals surface area (Å²) in [5.41, 5.74) is 0. The van der Waals surface area contributed by atoms with Crippen molar-refractivity contribution in [3.63, 3.8) is 0 Å². The Morgan fingerprint density at radius 2 is 1.78 bits per heavy atom.